The first kappa shape index (κ1) is 15.5. The van der Waals surface area contributed by atoms with Crippen LogP contribution in [0.3, 0.4) is 0 Å². The number of ether oxygens (including phenoxy) is 2. The number of carbonyl (C=O) groups is 1. The molecule has 0 heterocycles. The number of hydrogen-bond acceptors (Lipinski definition) is 4. The molecule has 0 aromatic heterocycles. The highest BCUT2D eigenvalue weighted by molar-refractivity contribution is 5.83. The number of nitrogens with two attached hydrogens (primary N) is 2. The summed E-state index contributed by atoms with van der Waals surface area (Å²) in [6, 6.07) is 9.57. The Morgan fingerprint density at radius 3 is 2.53 bits per heavy atom. The molecule has 1 unspecified atom stereocenters. The third-order valence-electron chi connectivity index (χ3n) is 2.79. The normalized spacial score (nSPS) is 13.8. The molecule has 0 saturated carbocycles. The third kappa shape index (κ3) is 6.22. The van der Waals surface area contributed by atoms with Crippen molar-refractivity contribution in [3.8, 4) is 5.75 Å². The van der Waals surface area contributed by atoms with E-state index in [0.717, 1.165) is 5.75 Å². The standard InChI is InChI=1S/C14H22N2O3/c1-14(16,13(15)17)8-5-9-18-10-11-19-12-6-3-2-4-7-12/h2-4,6-7H,5,8-11,16H2,1H3,(H2,15,17). The fourth-order valence-electron chi connectivity index (χ4n) is 1.50. The van der Waals surface area contributed by atoms with Crippen molar-refractivity contribution in [3.63, 3.8) is 0 Å². The summed E-state index contributed by atoms with van der Waals surface area (Å²) in [6.07, 6.45) is 1.21. The Kier molecular flexibility index (Phi) is 6.32. The molecule has 1 amide bonds. The van der Waals surface area contributed by atoms with Crippen LogP contribution in [0, 0.1) is 0 Å². The smallest absolute Gasteiger partial charge is 0.237 e. The third-order valence-corrected chi connectivity index (χ3v) is 2.79. The lowest BCUT2D eigenvalue weighted by molar-refractivity contribution is -0.122. The Balaban J connectivity index is 2.02. The summed E-state index contributed by atoms with van der Waals surface area (Å²) in [5.41, 5.74) is 9.94. The van der Waals surface area contributed by atoms with Gasteiger partial charge in [0.15, 0.2) is 0 Å². The first-order chi connectivity index (χ1) is 9.02. The zero-order valence-electron chi connectivity index (χ0n) is 11.3. The zero-order chi connectivity index (χ0) is 14.1. The van der Waals surface area contributed by atoms with E-state index in [1.54, 1.807) is 6.92 Å². The molecule has 0 fully saturated rings. The molecule has 0 radical (unpaired) electrons. The van der Waals surface area contributed by atoms with Gasteiger partial charge in [-0.2, -0.15) is 0 Å². The number of primary amides is 1. The van der Waals surface area contributed by atoms with E-state index in [-0.39, 0.29) is 0 Å². The summed E-state index contributed by atoms with van der Waals surface area (Å²) in [4.78, 5) is 11.0. The molecule has 0 saturated heterocycles. The second-order valence-electron chi connectivity index (χ2n) is 4.66. The summed E-state index contributed by atoms with van der Waals surface area (Å²) >= 11 is 0. The Labute approximate surface area is 113 Å². The van der Waals surface area contributed by atoms with Crippen molar-refractivity contribution in [3.05, 3.63) is 30.3 Å². The molecule has 0 aliphatic heterocycles. The minimum atomic E-state index is -0.954. The van der Waals surface area contributed by atoms with Crippen LogP contribution in [0.2, 0.25) is 0 Å². The van der Waals surface area contributed by atoms with Crippen LogP contribution in [0.5, 0.6) is 5.75 Å². The number of hydrogen-bond donors (Lipinski definition) is 2. The van der Waals surface area contributed by atoms with Gasteiger partial charge in [0.05, 0.1) is 12.1 Å². The molecule has 106 valence electrons. The number of rotatable bonds is 9. The molecule has 19 heavy (non-hydrogen) atoms. The fourth-order valence-corrected chi connectivity index (χ4v) is 1.50. The minimum Gasteiger partial charge on any atom is -0.491 e. The highest BCUT2D eigenvalue weighted by Gasteiger charge is 2.24. The lowest BCUT2D eigenvalue weighted by atomic mass is 9.97. The summed E-state index contributed by atoms with van der Waals surface area (Å²) < 4.78 is 10.9. The van der Waals surface area contributed by atoms with Gasteiger partial charge in [-0.25, -0.2) is 0 Å². The van der Waals surface area contributed by atoms with Crippen LogP contribution in [0.4, 0.5) is 0 Å². The van der Waals surface area contributed by atoms with Crippen LogP contribution in [-0.4, -0.2) is 31.3 Å². The van der Waals surface area contributed by atoms with Crippen molar-refractivity contribution in [2.75, 3.05) is 19.8 Å². The van der Waals surface area contributed by atoms with Crippen LogP contribution in [-0.2, 0) is 9.53 Å². The van der Waals surface area contributed by atoms with E-state index in [4.69, 9.17) is 20.9 Å². The second kappa shape index (κ2) is 7.76. The van der Waals surface area contributed by atoms with Gasteiger partial charge < -0.3 is 20.9 Å². The average Bonchev–Trinajstić information content (AvgIpc) is 2.38. The van der Waals surface area contributed by atoms with Gasteiger partial charge in [-0.05, 0) is 31.9 Å². The maximum Gasteiger partial charge on any atom is 0.237 e. The fraction of sp³-hybridized carbons (Fsp3) is 0.500. The first-order valence-electron chi connectivity index (χ1n) is 6.37. The molecular formula is C14H22N2O3. The summed E-state index contributed by atoms with van der Waals surface area (Å²) in [5, 5.41) is 0. The van der Waals surface area contributed by atoms with E-state index in [1.165, 1.54) is 0 Å². The van der Waals surface area contributed by atoms with E-state index in [9.17, 15) is 4.79 Å². The molecule has 0 aliphatic carbocycles. The topological polar surface area (TPSA) is 87.6 Å². The monoisotopic (exact) mass is 266 g/mol. The maximum atomic E-state index is 11.0. The SMILES string of the molecule is CC(N)(CCCOCCOc1ccccc1)C(N)=O. The van der Waals surface area contributed by atoms with Crippen molar-refractivity contribution >= 4 is 5.91 Å². The Bertz CT molecular complexity index is 380. The Morgan fingerprint density at radius 2 is 1.89 bits per heavy atom. The highest BCUT2D eigenvalue weighted by atomic mass is 16.5. The van der Waals surface area contributed by atoms with Crippen LogP contribution < -0.4 is 16.2 Å². The predicted molar refractivity (Wildman–Crippen MR) is 73.8 cm³/mol. The maximum absolute atomic E-state index is 11.0. The molecule has 1 atom stereocenters. The van der Waals surface area contributed by atoms with Gasteiger partial charge in [0.1, 0.15) is 12.4 Å². The summed E-state index contributed by atoms with van der Waals surface area (Å²) in [5.74, 6) is 0.342. The molecule has 0 bridgehead atoms. The first-order valence-corrected chi connectivity index (χ1v) is 6.37. The average molecular weight is 266 g/mol. The lowest BCUT2D eigenvalue weighted by Crippen LogP contribution is -2.49. The van der Waals surface area contributed by atoms with Crippen molar-refractivity contribution in [2.45, 2.75) is 25.3 Å². The van der Waals surface area contributed by atoms with Gasteiger partial charge in [0.2, 0.25) is 5.91 Å². The van der Waals surface area contributed by atoms with Crippen LogP contribution in [0.15, 0.2) is 30.3 Å². The number of para-hydroxylation sites is 1. The molecule has 5 heteroatoms. The quantitative estimate of drug-likeness (QED) is 0.654. The molecular weight excluding hydrogens is 244 g/mol. The Morgan fingerprint density at radius 1 is 1.21 bits per heavy atom. The van der Waals surface area contributed by atoms with E-state index < -0.39 is 11.4 Å². The molecule has 5 nitrogen and oxygen atoms in total. The van der Waals surface area contributed by atoms with Crippen LogP contribution in [0.1, 0.15) is 19.8 Å². The van der Waals surface area contributed by atoms with Gasteiger partial charge in [-0.3, -0.25) is 4.79 Å². The summed E-state index contributed by atoms with van der Waals surface area (Å²) in [7, 11) is 0. The molecule has 1 aromatic carbocycles. The van der Waals surface area contributed by atoms with Crippen molar-refractivity contribution < 1.29 is 14.3 Å². The van der Waals surface area contributed by atoms with Gasteiger partial charge in [-0.1, -0.05) is 18.2 Å². The molecule has 1 rings (SSSR count). The van der Waals surface area contributed by atoms with E-state index in [1.807, 2.05) is 30.3 Å². The minimum absolute atomic E-state index is 0.486. The van der Waals surface area contributed by atoms with E-state index >= 15 is 0 Å². The predicted octanol–water partition coefficient (Wildman–Crippen LogP) is 1.06. The van der Waals surface area contributed by atoms with E-state index in [0.29, 0.717) is 32.7 Å². The molecule has 0 spiro atoms. The Hall–Kier alpha value is -1.59. The molecule has 4 N–H and O–H groups in total. The number of carbonyl (C=O) groups excluding carboxylic acids is 1. The largest absolute Gasteiger partial charge is 0.491 e. The van der Waals surface area contributed by atoms with Gasteiger partial charge in [0, 0.05) is 6.61 Å². The zero-order valence-corrected chi connectivity index (χ0v) is 11.3. The van der Waals surface area contributed by atoms with Crippen molar-refractivity contribution in [1.82, 2.24) is 0 Å². The molecule has 1 aromatic rings. The van der Waals surface area contributed by atoms with Crippen LogP contribution >= 0.6 is 0 Å². The second-order valence-corrected chi connectivity index (χ2v) is 4.66. The molecule has 0 aliphatic rings. The van der Waals surface area contributed by atoms with E-state index in [2.05, 4.69) is 0 Å². The number of benzene rings is 1. The van der Waals surface area contributed by atoms with Crippen molar-refractivity contribution in [2.24, 2.45) is 11.5 Å². The van der Waals surface area contributed by atoms with Gasteiger partial charge in [0.25, 0.3) is 0 Å². The summed E-state index contributed by atoms with van der Waals surface area (Å²) in [6.45, 7) is 3.18. The van der Waals surface area contributed by atoms with Crippen LogP contribution in [0.25, 0.3) is 0 Å². The van der Waals surface area contributed by atoms with Gasteiger partial charge in [-0.15, -0.1) is 0 Å². The van der Waals surface area contributed by atoms with Gasteiger partial charge >= 0.3 is 0 Å². The van der Waals surface area contributed by atoms with Crippen molar-refractivity contribution in [1.29, 1.82) is 0 Å². The lowest BCUT2D eigenvalue weighted by Gasteiger charge is -2.19. The number of amides is 1. The highest BCUT2D eigenvalue weighted by Crippen LogP contribution is 2.09.